The van der Waals surface area contributed by atoms with Crippen LogP contribution < -0.4 is 5.48 Å². The Morgan fingerprint density at radius 3 is 2.87 bits per heavy atom. The van der Waals surface area contributed by atoms with Crippen molar-refractivity contribution in [3.05, 3.63) is 30.3 Å². The first kappa shape index (κ1) is 9.75. The van der Waals surface area contributed by atoms with E-state index in [9.17, 15) is 0 Å². The van der Waals surface area contributed by atoms with Crippen molar-refractivity contribution in [1.29, 1.82) is 0 Å². The van der Waals surface area contributed by atoms with E-state index in [0.717, 1.165) is 11.9 Å². The zero-order valence-corrected chi connectivity index (χ0v) is 8.48. The summed E-state index contributed by atoms with van der Waals surface area (Å²) in [4.78, 5) is 8.01. The number of benzene rings is 1. The predicted molar refractivity (Wildman–Crippen MR) is 58.4 cm³/mol. The van der Waals surface area contributed by atoms with Crippen molar-refractivity contribution in [3.8, 4) is 11.4 Å². The SMILES string of the molecule is ON/C=N/c1nc(-c2ccccc2)ns1. The van der Waals surface area contributed by atoms with Crippen LogP contribution in [0.15, 0.2) is 35.3 Å². The molecule has 0 saturated heterocycles. The summed E-state index contributed by atoms with van der Waals surface area (Å²) in [5.41, 5.74) is 2.76. The lowest BCUT2D eigenvalue weighted by Gasteiger charge is -1.91. The fourth-order valence-corrected chi connectivity index (χ4v) is 1.60. The van der Waals surface area contributed by atoms with Crippen molar-refractivity contribution in [1.82, 2.24) is 14.8 Å². The molecular formula is C9H8N4OS. The Balaban J connectivity index is 2.24. The van der Waals surface area contributed by atoms with Crippen LogP contribution in [0.25, 0.3) is 11.4 Å². The number of aromatic nitrogens is 2. The highest BCUT2D eigenvalue weighted by atomic mass is 32.1. The fraction of sp³-hybridized carbons (Fsp3) is 0. The highest BCUT2D eigenvalue weighted by molar-refractivity contribution is 7.09. The van der Waals surface area contributed by atoms with Crippen LogP contribution in [0.5, 0.6) is 0 Å². The highest BCUT2D eigenvalue weighted by Crippen LogP contribution is 2.21. The van der Waals surface area contributed by atoms with Gasteiger partial charge in [0.15, 0.2) is 5.82 Å². The van der Waals surface area contributed by atoms with Crippen LogP contribution in [0, 0.1) is 0 Å². The molecule has 0 aliphatic carbocycles. The quantitative estimate of drug-likeness (QED) is 0.470. The molecule has 1 aromatic carbocycles. The Kier molecular flexibility index (Phi) is 3.01. The Hall–Kier alpha value is -1.79. The molecule has 0 spiro atoms. The monoisotopic (exact) mass is 220 g/mol. The standard InChI is InChI=1S/C9H8N4OS/c14-11-6-10-9-12-8(13-15-9)7-4-2-1-3-5-7/h1-6,14H,(H,10,11,12,13). The maximum Gasteiger partial charge on any atom is 0.230 e. The maximum absolute atomic E-state index is 8.31. The van der Waals surface area contributed by atoms with Gasteiger partial charge >= 0.3 is 0 Å². The van der Waals surface area contributed by atoms with Gasteiger partial charge in [-0.3, -0.25) is 10.7 Å². The first-order valence-electron chi connectivity index (χ1n) is 4.21. The van der Waals surface area contributed by atoms with E-state index in [1.54, 1.807) is 0 Å². The van der Waals surface area contributed by atoms with Gasteiger partial charge in [-0.2, -0.15) is 9.36 Å². The Morgan fingerprint density at radius 1 is 1.33 bits per heavy atom. The van der Waals surface area contributed by atoms with Crippen molar-refractivity contribution < 1.29 is 5.21 Å². The lowest BCUT2D eigenvalue weighted by molar-refractivity contribution is 0.240. The Morgan fingerprint density at radius 2 is 2.13 bits per heavy atom. The summed E-state index contributed by atoms with van der Waals surface area (Å²) in [5.74, 6) is 0.644. The summed E-state index contributed by atoms with van der Waals surface area (Å²) in [6.45, 7) is 0. The van der Waals surface area contributed by atoms with Crippen molar-refractivity contribution >= 4 is 23.0 Å². The molecular weight excluding hydrogens is 212 g/mol. The summed E-state index contributed by atoms with van der Waals surface area (Å²) in [5, 5.41) is 8.80. The van der Waals surface area contributed by atoms with Crippen LogP contribution in [0.1, 0.15) is 0 Å². The number of rotatable bonds is 3. The number of nitrogens with zero attached hydrogens (tertiary/aromatic N) is 3. The third kappa shape index (κ3) is 2.36. The molecule has 6 heteroatoms. The average Bonchev–Trinajstić information content (AvgIpc) is 2.76. The normalized spacial score (nSPS) is 10.7. The summed E-state index contributed by atoms with van der Waals surface area (Å²) in [6, 6.07) is 9.65. The second-order valence-electron chi connectivity index (χ2n) is 2.65. The molecule has 76 valence electrons. The van der Waals surface area contributed by atoms with E-state index in [-0.39, 0.29) is 0 Å². The molecule has 2 N–H and O–H groups in total. The zero-order valence-electron chi connectivity index (χ0n) is 7.66. The minimum atomic E-state index is 0.496. The predicted octanol–water partition coefficient (Wildman–Crippen LogP) is 1.84. The minimum Gasteiger partial charge on any atom is -0.290 e. The second-order valence-corrected chi connectivity index (χ2v) is 3.38. The molecule has 15 heavy (non-hydrogen) atoms. The fourth-order valence-electron chi connectivity index (χ4n) is 1.06. The van der Waals surface area contributed by atoms with Crippen LogP contribution in [-0.4, -0.2) is 20.9 Å². The van der Waals surface area contributed by atoms with Crippen LogP contribution in [0.2, 0.25) is 0 Å². The first-order chi connectivity index (χ1) is 7.40. The first-order valence-corrected chi connectivity index (χ1v) is 4.99. The molecule has 0 saturated carbocycles. The van der Waals surface area contributed by atoms with Gasteiger partial charge in [0.2, 0.25) is 5.13 Å². The summed E-state index contributed by atoms with van der Waals surface area (Å²) >= 11 is 1.17. The molecule has 1 heterocycles. The average molecular weight is 220 g/mol. The topological polar surface area (TPSA) is 70.4 Å². The lowest BCUT2D eigenvalue weighted by Crippen LogP contribution is -2.00. The molecule has 2 aromatic rings. The molecule has 0 bridgehead atoms. The number of hydrogen-bond acceptors (Lipinski definition) is 5. The van der Waals surface area contributed by atoms with Crippen LogP contribution in [0.4, 0.5) is 5.13 Å². The maximum atomic E-state index is 8.31. The van der Waals surface area contributed by atoms with E-state index >= 15 is 0 Å². The van der Waals surface area contributed by atoms with Crippen LogP contribution >= 0.6 is 11.5 Å². The van der Waals surface area contributed by atoms with Gasteiger partial charge in [0.05, 0.1) is 0 Å². The molecule has 0 radical (unpaired) electrons. The Bertz CT molecular complexity index is 454. The number of hydrogen-bond donors (Lipinski definition) is 2. The number of aliphatic imine (C=N–C) groups is 1. The van der Waals surface area contributed by atoms with E-state index in [1.165, 1.54) is 11.5 Å². The molecule has 5 nitrogen and oxygen atoms in total. The molecule has 0 aliphatic rings. The summed E-state index contributed by atoms with van der Waals surface area (Å²) in [7, 11) is 0. The van der Waals surface area contributed by atoms with Crippen molar-refractivity contribution in [2.75, 3.05) is 0 Å². The van der Waals surface area contributed by atoms with Gasteiger partial charge in [-0.25, -0.2) is 4.99 Å². The van der Waals surface area contributed by atoms with E-state index in [0.29, 0.717) is 11.0 Å². The molecule has 1 aromatic heterocycles. The van der Waals surface area contributed by atoms with E-state index < -0.39 is 0 Å². The Labute approximate surface area is 90.3 Å². The van der Waals surface area contributed by atoms with Crippen LogP contribution in [0.3, 0.4) is 0 Å². The van der Waals surface area contributed by atoms with Gasteiger partial charge < -0.3 is 0 Å². The van der Waals surface area contributed by atoms with Gasteiger partial charge in [-0.15, -0.1) is 0 Å². The summed E-state index contributed by atoms with van der Waals surface area (Å²) < 4.78 is 4.15. The number of nitrogens with one attached hydrogen (secondary N) is 1. The van der Waals surface area contributed by atoms with Crippen molar-refractivity contribution in [3.63, 3.8) is 0 Å². The minimum absolute atomic E-state index is 0.496. The molecule has 0 amide bonds. The van der Waals surface area contributed by atoms with Crippen molar-refractivity contribution in [2.24, 2.45) is 4.99 Å². The molecule has 0 aliphatic heterocycles. The molecule has 0 atom stereocenters. The second kappa shape index (κ2) is 4.63. The molecule has 0 fully saturated rings. The lowest BCUT2D eigenvalue weighted by atomic mass is 10.2. The van der Waals surface area contributed by atoms with Gasteiger partial charge in [0.1, 0.15) is 6.34 Å². The van der Waals surface area contributed by atoms with Gasteiger partial charge in [0, 0.05) is 17.1 Å². The smallest absolute Gasteiger partial charge is 0.230 e. The van der Waals surface area contributed by atoms with E-state index in [1.807, 2.05) is 35.8 Å². The highest BCUT2D eigenvalue weighted by Gasteiger charge is 2.03. The molecule has 2 rings (SSSR count). The molecule has 0 unspecified atom stereocenters. The third-order valence-electron chi connectivity index (χ3n) is 1.68. The van der Waals surface area contributed by atoms with Gasteiger partial charge in [0.25, 0.3) is 0 Å². The van der Waals surface area contributed by atoms with E-state index in [4.69, 9.17) is 5.21 Å². The largest absolute Gasteiger partial charge is 0.290 e. The van der Waals surface area contributed by atoms with Gasteiger partial charge in [-0.1, -0.05) is 30.3 Å². The van der Waals surface area contributed by atoms with E-state index in [2.05, 4.69) is 14.3 Å². The third-order valence-corrected chi connectivity index (χ3v) is 2.30. The zero-order chi connectivity index (χ0) is 10.5. The van der Waals surface area contributed by atoms with Crippen molar-refractivity contribution in [2.45, 2.75) is 0 Å². The summed E-state index contributed by atoms with van der Waals surface area (Å²) in [6.07, 6.45) is 1.15. The van der Waals surface area contributed by atoms with Crippen LogP contribution in [-0.2, 0) is 0 Å². The van der Waals surface area contributed by atoms with Gasteiger partial charge in [-0.05, 0) is 0 Å². The number of hydroxylamine groups is 1.